The third-order valence-corrected chi connectivity index (χ3v) is 3.79. The molecule has 3 aromatic rings. The van der Waals surface area contributed by atoms with Crippen molar-refractivity contribution in [1.29, 1.82) is 0 Å². The zero-order chi connectivity index (χ0) is 18.9. The Balaban J connectivity index is 1.56. The van der Waals surface area contributed by atoms with Crippen LogP contribution in [0.3, 0.4) is 0 Å². The molecule has 0 heterocycles. The molecule has 0 atom stereocenters. The monoisotopic (exact) mass is 363 g/mol. The largest absolute Gasteiger partial charge is 0.493 e. The Morgan fingerprint density at radius 1 is 0.815 bits per heavy atom. The molecule has 1 N–H and O–H groups in total. The maximum Gasteiger partial charge on any atom is 0.227 e. The fourth-order valence-electron chi connectivity index (χ4n) is 2.48. The van der Waals surface area contributed by atoms with Crippen LogP contribution in [0.25, 0.3) is 0 Å². The van der Waals surface area contributed by atoms with E-state index in [2.05, 4.69) is 5.32 Å². The van der Waals surface area contributed by atoms with Gasteiger partial charge >= 0.3 is 0 Å². The summed E-state index contributed by atoms with van der Waals surface area (Å²) in [6.45, 7) is 0.244. The van der Waals surface area contributed by atoms with E-state index in [1.807, 2.05) is 66.7 Å². The van der Waals surface area contributed by atoms with Crippen LogP contribution in [0.2, 0.25) is 0 Å². The lowest BCUT2D eigenvalue weighted by molar-refractivity contribution is -0.116. The number of carbonyl (C=O) groups is 1. The molecule has 3 aromatic carbocycles. The van der Waals surface area contributed by atoms with Crippen LogP contribution in [-0.2, 0) is 4.79 Å². The third-order valence-electron chi connectivity index (χ3n) is 3.79. The molecule has 27 heavy (non-hydrogen) atoms. The minimum atomic E-state index is -0.158. The Kier molecular flexibility index (Phi) is 6.30. The number of anilines is 1. The standard InChI is InChI=1S/C22H21NO4/c1-25-20-13-7-8-14-21(20)26-16-15-22(24)23-18-11-5-6-12-19(18)27-17-9-3-2-4-10-17/h2-14H,15-16H2,1H3,(H,23,24). The topological polar surface area (TPSA) is 56.8 Å². The SMILES string of the molecule is COc1ccccc1OCCC(=O)Nc1ccccc1Oc1ccccc1. The van der Waals surface area contributed by atoms with Gasteiger partial charge in [-0.25, -0.2) is 0 Å². The zero-order valence-electron chi connectivity index (χ0n) is 15.1. The smallest absolute Gasteiger partial charge is 0.227 e. The van der Waals surface area contributed by atoms with Crippen molar-refractivity contribution in [3.05, 3.63) is 78.9 Å². The van der Waals surface area contributed by atoms with Crippen LogP contribution in [0, 0.1) is 0 Å². The molecule has 0 unspecified atom stereocenters. The molecule has 0 aliphatic rings. The first kappa shape index (κ1) is 18.3. The number of hydrogen-bond donors (Lipinski definition) is 1. The summed E-state index contributed by atoms with van der Waals surface area (Å²) in [5.41, 5.74) is 0.614. The Bertz CT molecular complexity index is 880. The van der Waals surface area contributed by atoms with Gasteiger partial charge in [-0.15, -0.1) is 0 Å². The number of ether oxygens (including phenoxy) is 3. The van der Waals surface area contributed by atoms with E-state index in [9.17, 15) is 4.79 Å². The Morgan fingerprint density at radius 3 is 2.19 bits per heavy atom. The van der Waals surface area contributed by atoms with Crippen molar-refractivity contribution in [1.82, 2.24) is 0 Å². The first-order chi connectivity index (χ1) is 13.3. The second-order valence-corrected chi connectivity index (χ2v) is 5.71. The molecule has 5 nitrogen and oxygen atoms in total. The lowest BCUT2D eigenvalue weighted by Gasteiger charge is -2.13. The lowest BCUT2D eigenvalue weighted by atomic mass is 10.2. The van der Waals surface area contributed by atoms with Crippen LogP contribution in [0.4, 0.5) is 5.69 Å². The van der Waals surface area contributed by atoms with Gasteiger partial charge in [-0.1, -0.05) is 42.5 Å². The predicted molar refractivity (Wildman–Crippen MR) is 105 cm³/mol. The number of amides is 1. The quantitative estimate of drug-likeness (QED) is 0.619. The van der Waals surface area contributed by atoms with Crippen LogP contribution in [0.1, 0.15) is 6.42 Å². The van der Waals surface area contributed by atoms with Crippen molar-refractivity contribution in [3.63, 3.8) is 0 Å². The van der Waals surface area contributed by atoms with Crippen molar-refractivity contribution in [2.45, 2.75) is 6.42 Å². The summed E-state index contributed by atoms with van der Waals surface area (Å²) >= 11 is 0. The first-order valence-electron chi connectivity index (χ1n) is 8.64. The number of rotatable bonds is 8. The normalized spacial score (nSPS) is 10.1. The summed E-state index contributed by atoms with van der Waals surface area (Å²) in [4.78, 5) is 12.3. The number of hydrogen-bond acceptors (Lipinski definition) is 4. The molecule has 3 rings (SSSR count). The van der Waals surface area contributed by atoms with Crippen molar-refractivity contribution in [3.8, 4) is 23.0 Å². The fourth-order valence-corrected chi connectivity index (χ4v) is 2.48. The van der Waals surface area contributed by atoms with E-state index >= 15 is 0 Å². The van der Waals surface area contributed by atoms with E-state index in [0.29, 0.717) is 28.7 Å². The van der Waals surface area contributed by atoms with Gasteiger partial charge in [-0.3, -0.25) is 4.79 Å². The summed E-state index contributed by atoms with van der Waals surface area (Å²) in [6, 6.07) is 24.1. The predicted octanol–water partition coefficient (Wildman–Crippen LogP) is 4.90. The van der Waals surface area contributed by atoms with Crippen molar-refractivity contribution in [2.24, 2.45) is 0 Å². The van der Waals surface area contributed by atoms with E-state index < -0.39 is 0 Å². The second-order valence-electron chi connectivity index (χ2n) is 5.71. The van der Waals surface area contributed by atoms with Gasteiger partial charge in [0.25, 0.3) is 0 Å². The maximum absolute atomic E-state index is 12.3. The molecule has 5 heteroatoms. The fraction of sp³-hybridized carbons (Fsp3) is 0.136. The summed E-state index contributed by atoms with van der Waals surface area (Å²) in [5.74, 6) is 2.38. The van der Waals surface area contributed by atoms with Gasteiger partial charge < -0.3 is 19.5 Å². The van der Waals surface area contributed by atoms with Crippen molar-refractivity contribution < 1.29 is 19.0 Å². The van der Waals surface area contributed by atoms with E-state index in [1.54, 1.807) is 19.2 Å². The number of nitrogens with one attached hydrogen (secondary N) is 1. The highest BCUT2D eigenvalue weighted by molar-refractivity contribution is 5.92. The van der Waals surface area contributed by atoms with E-state index in [0.717, 1.165) is 0 Å². The van der Waals surface area contributed by atoms with E-state index in [4.69, 9.17) is 14.2 Å². The Morgan fingerprint density at radius 2 is 1.44 bits per heavy atom. The molecule has 0 fully saturated rings. The van der Waals surface area contributed by atoms with Gasteiger partial charge in [-0.2, -0.15) is 0 Å². The minimum Gasteiger partial charge on any atom is -0.493 e. The summed E-state index contributed by atoms with van der Waals surface area (Å²) < 4.78 is 16.7. The Labute approximate surface area is 158 Å². The highest BCUT2D eigenvalue weighted by atomic mass is 16.5. The molecule has 0 radical (unpaired) electrons. The molecule has 0 aliphatic heterocycles. The van der Waals surface area contributed by atoms with Gasteiger partial charge in [0.1, 0.15) is 5.75 Å². The Hall–Kier alpha value is -3.47. The molecule has 138 valence electrons. The van der Waals surface area contributed by atoms with Crippen LogP contribution >= 0.6 is 0 Å². The molecular formula is C22H21NO4. The van der Waals surface area contributed by atoms with Gasteiger partial charge in [-0.05, 0) is 36.4 Å². The average molecular weight is 363 g/mol. The number of carbonyl (C=O) groups excluding carboxylic acids is 1. The third kappa shape index (κ3) is 5.25. The zero-order valence-corrected chi connectivity index (χ0v) is 15.1. The van der Waals surface area contributed by atoms with Crippen molar-refractivity contribution in [2.75, 3.05) is 19.0 Å². The molecule has 0 bridgehead atoms. The van der Waals surface area contributed by atoms with Crippen LogP contribution in [0.15, 0.2) is 78.9 Å². The molecule has 0 spiro atoms. The van der Waals surface area contributed by atoms with Gasteiger partial charge in [0.2, 0.25) is 5.91 Å². The van der Waals surface area contributed by atoms with Crippen LogP contribution in [0.5, 0.6) is 23.0 Å². The van der Waals surface area contributed by atoms with Gasteiger partial charge in [0.05, 0.1) is 25.8 Å². The summed E-state index contributed by atoms with van der Waals surface area (Å²) in [7, 11) is 1.58. The minimum absolute atomic E-state index is 0.158. The van der Waals surface area contributed by atoms with E-state index in [1.165, 1.54) is 0 Å². The summed E-state index contributed by atoms with van der Waals surface area (Å²) in [6.07, 6.45) is 0.206. The molecular weight excluding hydrogens is 342 g/mol. The molecule has 0 saturated heterocycles. The molecule has 1 amide bonds. The van der Waals surface area contributed by atoms with Gasteiger partial charge in [0, 0.05) is 0 Å². The molecule has 0 saturated carbocycles. The lowest BCUT2D eigenvalue weighted by Crippen LogP contribution is -2.15. The number of methoxy groups -OCH3 is 1. The maximum atomic E-state index is 12.3. The number of para-hydroxylation sites is 5. The second kappa shape index (κ2) is 9.29. The number of benzene rings is 3. The van der Waals surface area contributed by atoms with Crippen LogP contribution in [-0.4, -0.2) is 19.6 Å². The molecule has 0 aromatic heterocycles. The van der Waals surface area contributed by atoms with E-state index in [-0.39, 0.29) is 18.9 Å². The highest BCUT2D eigenvalue weighted by Gasteiger charge is 2.09. The molecule has 0 aliphatic carbocycles. The first-order valence-corrected chi connectivity index (χ1v) is 8.64. The highest BCUT2D eigenvalue weighted by Crippen LogP contribution is 2.29. The van der Waals surface area contributed by atoms with Crippen molar-refractivity contribution >= 4 is 11.6 Å². The average Bonchev–Trinajstić information content (AvgIpc) is 2.70. The van der Waals surface area contributed by atoms with Gasteiger partial charge in [0.15, 0.2) is 17.2 Å². The van der Waals surface area contributed by atoms with Crippen LogP contribution < -0.4 is 19.5 Å². The summed E-state index contributed by atoms with van der Waals surface area (Å²) in [5, 5.41) is 2.87.